The van der Waals surface area contributed by atoms with Crippen LogP contribution >= 0.6 is 0 Å². The van der Waals surface area contributed by atoms with E-state index < -0.39 is 17.9 Å². The van der Waals surface area contributed by atoms with Gasteiger partial charge in [0.1, 0.15) is 17.2 Å². The van der Waals surface area contributed by atoms with E-state index in [9.17, 15) is 14.4 Å². The van der Waals surface area contributed by atoms with Crippen molar-refractivity contribution in [2.24, 2.45) is 0 Å². The number of rotatable bonds is 6. The van der Waals surface area contributed by atoms with E-state index in [0.29, 0.717) is 17.2 Å². The molecule has 3 rings (SSSR count). The van der Waals surface area contributed by atoms with Crippen LogP contribution in [0.2, 0.25) is 0 Å². The molecule has 0 fully saturated rings. The van der Waals surface area contributed by atoms with Crippen LogP contribution in [-0.2, 0) is 0 Å². The van der Waals surface area contributed by atoms with Crippen molar-refractivity contribution in [1.29, 1.82) is 0 Å². The first kappa shape index (κ1) is 30.8. The largest absolute Gasteiger partial charge is 0.497 e. The van der Waals surface area contributed by atoms with Gasteiger partial charge in [0, 0.05) is 38.6 Å². The zero-order valence-electron chi connectivity index (χ0n) is 18.6. The predicted molar refractivity (Wildman–Crippen MR) is 120 cm³/mol. The molecule has 0 bridgehead atoms. The number of methoxy groups -OCH3 is 3. The summed E-state index contributed by atoms with van der Waals surface area (Å²) >= 11 is 0. The van der Waals surface area contributed by atoms with Crippen molar-refractivity contribution in [3.8, 4) is 17.2 Å². The Morgan fingerprint density at radius 1 is 0.471 bits per heavy atom. The molecule has 0 aliphatic heterocycles. The summed E-state index contributed by atoms with van der Waals surface area (Å²) in [4.78, 5) is 31.1. The van der Waals surface area contributed by atoms with Crippen molar-refractivity contribution in [1.82, 2.24) is 0 Å². The van der Waals surface area contributed by atoms with Gasteiger partial charge in [0.15, 0.2) is 0 Å². The van der Waals surface area contributed by atoms with Gasteiger partial charge in [0.2, 0.25) is 0 Å². The molecule has 34 heavy (non-hydrogen) atoms. The van der Waals surface area contributed by atoms with Crippen LogP contribution in [0.4, 0.5) is 0 Å². The Morgan fingerprint density at radius 3 is 0.765 bits per heavy atom. The third kappa shape index (κ3) is 11.1. The van der Waals surface area contributed by atoms with Crippen molar-refractivity contribution in [2.75, 3.05) is 21.3 Å². The summed E-state index contributed by atoms with van der Waals surface area (Å²) < 4.78 is 14.6. The number of ether oxygens (including phenoxy) is 3. The second-order valence-electron chi connectivity index (χ2n) is 6.10. The first-order chi connectivity index (χ1) is 15.7. The van der Waals surface area contributed by atoms with Gasteiger partial charge in [-0.2, -0.15) is 0 Å². The zero-order valence-corrected chi connectivity index (χ0v) is 20.7. The Morgan fingerprint density at radius 2 is 0.647 bits per heavy atom. The van der Waals surface area contributed by atoms with E-state index in [1.54, 1.807) is 36.4 Å². The van der Waals surface area contributed by atoms with Gasteiger partial charge in [-0.15, -0.1) is 0 Å². The quantitative estimate of drug-likeness (QED) is 0.373. The Kier molecular flexibility index (Phi) is 14.8. The van der Waals surface area contributed by atoms with Gasteiger partial charge in [-0.05, 0) is 72.8 Å². The van der Waals surface area contributed by atoms with Crippen LogP contribution in [-0.4, -0.2) is 54.6 Å². The van der Waals surface area contributed by atoms with Crippen LogP contribution in [0.25, 0.3) is 0 Å². The molecular weight excluding hydrogens is 591 g/mol. The van der Waals surface area contributed by atoms with Crippen molar-refractivity contribution >= 4 is 17.9 Å². The average molecular weight is 615 g/mol. The molecule has 0 heterocycles. The third-order valence-electron chi connectivity index (χ3n) is 4.01. The van der Waals surface area contributed by atoms with Gasteiger partial charge < -0.3 is 29.5 Å². The number of carboxylic acid groups (broad SMARTS) is 3. The van der Waals surface area contributed by atoms with Crippen LogP contribution in [0.3, 0.4) is 0 Å². The van der Waals surface area contributed by atoms with E-state index in [1.165, 1.54) is 57.7 Å². The minimum atomic E-state index is -0.923. The number of carbonyl (C=O) groups is 3. The zero-order chi connectivity index (χ0) is 24.8. The van der Waals surface area contributed by atoms with Gasteiger partial charge in [-0.25, -0.2) is 14.4 Å². The molecule has 0 saturated carbocycles. The summed E-state index contributed by atoms with van der Waals surface area (Å²) in [7, 11) is 4.61. The van der Waals surface area contributed by atoms with Crippen LogP contribution < -0.4 is 14.2 Å². The fraction of sp³-hybridized carbons (Fsp3) is 0.125. The second-order valence-corrected chi connectivity index (χ2v) is 6.10. The number of carboxylic acids is 3. The number of hydrogen-bond acceptors (Lipinski definition) is 6. The summed E-state index contributed by atoms with van der Waals surface area (Å²) in [6.07, 6.45) is 0. The summed E-state index contributed by atoms with van der Waals surface area (Å²) in [5, 5.41) is 25.5. The van der Waals surface area contributed by atoms with Crippen molar-refractivity contribution in [3.05, 3.63) is 89.5 Å². The van der Waals surface area contributed by atoms with E-state index in [0.717, 1.165) is 0 Å². The van der Waals surface area contributed by atoms with Crippen LogP contribution in [0.5, 0.6) is 17.2 Å². The fourth-order valence-electron chi connectivity index (χ4n) is 2.20. The summed E-state index contributed by atoms with van der Waals surface area (Å²) in [6.45, 7) is 0. The molecule has 9 nitrogen and oxygen atoms in total. The Balaban J connectivity index is 0.000000473. The molecule has 0 aromatic heterocycles. The van der Waals surface area contributed by atoms with Crippen molar-refractivity contribution < 1.29 is 82.5 Å². The average Bonchev–Trinajstić information content (AvgIpc) is 2.84. The molecule has 0 spiro atoms. The van der Waals surface area contributed by atoms with Gasteiger partial charge in [-0.1, -0.05) is 0 Å². The standard InChI is InChI=1S/3C8H8O3.Tb/c3*1-11-7-4-2-6(3-5-7)8(9)10;/h3*2-5H,1H3,(H,9,10);. The SMILES string of the molecule is COc1ccc(C(=O)O)cc1.COc1ccc(C(=O)O)cc1.COc1ccc(C(=O)O)cc1.[Tb]. The predicted octanol–water partition coefficient (Wildman–Crippen LogP) is 4.18. The van der Waals surface area contributed by atoms with Crippen molar-refractivity contribution in [3.63, 3.8) is 0 Å². The molecule has 1 radical (unpaired) electrons. The molecule has 0 aliphatic carbocycles. The van der Waals surface area contributed by atoms with E-state index in [1.807, 2.05) is 0 Å². The van der Waals surface area contributed by atoms with E-state index >= 15 is 0 Å². The van der Waals surface area contributed by atoms with Crippen LogP contribution in [0.15, 0.2) is 72.8 Å². The summed E-state index contributed by atoms with van der Waals surface area (Å²) in [6, 6.07) is 18.7. The Labute approximate surface area is 227 Å². The molecule has 10 heteroatoms. The van der Waals surface area contributed by atoms with Gasteiger partial charge in [-0.3, -0.25) is 0 Å². The molecule has 3 N–H and O–H groups in total. The molecular formula is C24H24O9Tb. The smallest absolute Gasteiger partial charge is 0.335 e. The molecule has 0 atom stereocenters. The van der Waals surface area contributed by atoms with E-state index in [4.69, 9.17) is 29.5 Å². The first-order valence-electron chi connectivity index (χ1n) is 9.33. The van der Waals surface area contributed by atoms with Crippen LogP contribution in [0, 0.1) is 38.6 Å². The Hall–Kier alpha value is -3.24. The normalized spacial score (nSPS) is 8.91. The number of benzene rings is 3. The number of aromatic carboxylic acids is 3. The maximum atomic E-state index is 10.4. The molecule has 0 saturated heterocycles. The van der Waals surface area contributed by atoms with Crippen molar-refractivity contribution in [2.45, 2.75) is 0 Å². The molecule has 183 valence electrons. The molecule has 0 amide bonds. The van der Waals surface area contributed by atoms with E-state index in [-0.39, 0.29) is 55.3 Å². The summed E-state index contributed by atoms with van der Waals surface area (Å²) in [5.41, 5.74) is 0.808. The number of hydrogen-bond donors (Lipinski definition) is 3. The third-order valence-corrected chi connectivity index (χ3v) is 4.01. The van der Waals surface area contributed by atoms with Gasteiger partial charge in [0.05, 0.1) is 38.0 Å². The van der Waals surface area contributed by atoms with Crippen LogP contribution in [0.1, 0.15) is 31.1 Å². The first-order valence-corrected chi connectivity index (χ1v) is 9.33. The topological polar surface area (TPSA) is 140 Å². The monoisotopic (exact) mass is 615 g/mol. The minimum absolute atomic E-state index is 0. The Bertz CT molecular complexity index is 895. The molecule has 3 aromatic rings. The summed E-state index contributed by atoms with van der Waals surface area (Å²) in [5.74, 6) is -0.784. The fourth-order valence-corrected chi connectivity index (χ4v) is 2.20. The molecule has 0 unspecified atom stereocenters. The molecule has 3 aromatic carbocycles. The second kappa shape index (κ2) is 16.4. The minimum Gasteiger partial charge on any atom is -0.497 e. The van der Waals surface area contributed by atoms with Gasteiger partial charge in [0.25, 0.3) is 0 Å². The maximum Gasteiger partial charge on any atom is 0.335 e. The van der Waals surface area contributed by atoms with E-state index in [2.05, 4.69) is 0 Å². The maximum absolute atomic E-state index is 10.4. The van der Waals surface area contributed by atoms with Gasteiger partial charge >= 0.3 is 17.9 Å². The molecule has 0 aliphatic rings.